The summed E-state index contributed by atoms with van der Waals surface area (Å²) < 4.78 is 0. The molecule has 0 aliphatic carbocycles. The Hall–Kier alpha value is -1.79. The van der Waals surface area contributed by atoms with Crippen LogP contribution in [0.1, 0.15) is 17.5 Å². The molecule has 2 heterocycles. The van der Waals surface area contributed by atoms with E-state index in [2.05, 4.69) is 22.0 Å². The van der Waals surface area contributed by atoms with E-state index >= 15 is 0 Å². The zero-order chi connectivity index (χ0) is 11.7. The highest BCUT2D eigenvalue weighted by Gasteiger charge is 2.14. The predicted molar refractivity (Wildman–Crippen MR) is 67.8 cm³/mol. The molecule has 1 aromatic heterocycles. The maximum absolute atomic E-state index is 9.03. The van der Waals surface area contributed by atoms with Crippen molar-refractivity contribution in [1.29, 1.82) is 5.26 Å². The molecule has 86 valence electrons. The first-order valence-electron chi connectivity index (χ1n) is 6.10. The average Bonchev–Trinajstić information content (AvgIpc) is 2.70. The number of benzene rings is 1. The fourth-order valence-electron chi connectivity index (χ4n) is 2.40. The van der Waals surface area contributed by atoms with Gasteiger partial charge in [-0.05, 0) is 37.6 Å². The molecule has 0 bridgehead atoms. The van der Waals surface area contributed by atoms with Gasteiger partial charge in [-0.2, -0.15) is 5.26 Å². The van der Waals surface area contributed by atoms with Gasteiger partial charge in [-0.3, -0.25) is 0 Å². The minimum Gasteiger partial charge on any atom is -0.360 e. The third-order valence-electron chi connectivity index (χ3n) is 3.57. The van der Waals surface area contributed by atoms with Crippen LogP contribution in [0.4, 0.5) is 0 Å². The fourth-order valence-corrected chi connectivity index (χ4v) is 2.40. The van der Waals surface area contributed by atoms with Gasteiger partial charge in [0, 0.05) is 18.1 Å². The number of hydrogen-bond acceptors (Lipinski definition) is 2. The van der Waals surface area contributed by atoms with Crippen LogP contribution in [0.3, 0.4) is 0 Å². The topological polar surface area (TPSA) is 42.8 Å². The van der Waals surface area contributed by atoms with Crippen molar-refractivity contribution in [2.24, 2.45) is 0 Å². The van der Waals surface area contributed by atoms with Crippen LogP contribution >= 0.6 is 0 Å². The zero-order valence-corrected chi connectivity index (χ0v) is 9.74. The van der Waals surface area contributed by atoms with Gasteiger partial charge in [0.25, 0.3) is 0 Å². The number of likely N-dealkylation sites (tertiary alicyclic amines) is 1. The Kier molecular flexibility index (Phi) is 2.58. The van der Waals surface area contributed by atoms with Gasteiger partial charge >= 0.3 is 0 Å². The molecule has 3 rings (SSSR count). The standard InChI is InChI=1S/C14H15N3/c15-9-11-3-1-4-13-12(10-16-14(11)13)5-8-17-6-2-7-17/h1,3-4,10,16H,2,5-8H2. The molecule has 1 fully saturated rings. The number of nitriles is 1. The van der Waals surface area contributed by atoms with E-state index in [1.807, 2.05) is 18.3 Å². The number of rotatable bonds is 3. The van der Waals surface area contributed by atoms with Crippen molar-refractivity contribution in [1.82, 2.24) is 9.88 Å². The predicted octanol–water partition coefficient (Wildman–Crippen LogP) is 2.29. The van der Waals surface area contributed by atoms with Gasteiger partial charge in [0.1, 0.15) is 6.07 Å². The van der Waals surface area contributed by atoms with Crippen molar-refractivity contribution in [2.75, 3.05) is 19.6 Å². The van der Waals surface area contributed by atoms with Crippen molar-refractivity contribution in [3.8, 4) is 6.07 Å². The lowest BCUT2D eigenvalue weighted by Crippen LogP contribution is -2.38. The van der Waals surface area contributed by atoms with Gasteiger partial charge in [-0.25, -0.2) is 0 Å². The third-order valence-corrected chi connectivity index (χ3v) is 3.57. The van der Waals surface area contributed by atoms with Crippen LogP contribution in [-0.2, 0) is 6.42 Å². The summed E-state index contributed by atoms with van der Waals surface area (Å²) in [5.41, 5.74) is 3.04. The van der Waals surface area contributed by atoms with Crippen molar-refractivity contribution in [3.63, 3.8) is 0 Å². The molecule has 0 radical (unpaired) electrons. The number of fused-ring (bicyclic) bond motifs is 1. The number of aromatic nitrogens is 1. The molecular formula is C14H15N3. The summed E-state index contributed by atoms with van der Waals surface area (Å²) in [5.74, 6) is 0. The monoisotopic (exact) mass is 225 g/mol. The first kappa shape index (κ1) is 10.4. The molecule has 0 saturated carbocycles. The first-order chi connectivity index (χ1) is 8.38. The molecule has 2 aromatic rings. The van der Waals surface area contributed by atoms with Gasteiger partial charge in [-0.1, -0.05) is 12.1 Å². The van der Waals surface area contributed by atoms with Crippen LogP contribution in [0.5, 0.6) is 0 Å². The zero-order valence-electron chi connectivity index (χ0n) is 9.74. The second-order valence-electron chi connectivity index (χ2n) is 4.60. The summed E-state index contributed by atoms with van der Waals surface area (Å²) >= 11 is 0. The Labute approximate surface area is 101 Å². The lowest BCUT2D eigenvalue weighted by atomic mass is 10.1. The lowest BCUT2D eigenvalue weighted by molar-refractivity contribution is 0.184. The molecule has 0 unspecified atom stereocenters. The summed E-state index contributed by atoms with van der Waals surface area (Å²) in [6.07, 6.45) is 4.45. The first-order valence-corrected chi connectivity index (χ1v) is 6.10. The molecular weight excluding hydrogens is 210 g/mol. The van der Waals surface area contributed by atoms with Crippen LogP contribution in [0.25, 0.3) is 10.9 Å². The second-order valence-corrected chi connectivity index (χ2v) is 4.60. The van der Waals surface area contributed by atoms with Gasteiger partial charge in [0.15, 0.2) is 0 Å². The van der Waals surface area contributed by atoms with E-state index in [1.165, 1.54) is 30.5 Å². The Balaban J connectivity index is 1.87. The van der Waals surface area contributed by atoms with Crippen LogP contribution in [0.15, 0.2) is 24.4 Å². The van der Waals surface area contributed by atoms with Crippen LogP contribution in [0, 0.1) is 11.3 Å². The summed E-state index contributed by atoms with van der Waals surface area (Å²) in [4.78, 5) is 5.69. The quantitative estimate of drug-likeness (QED) is 0.870. The SMILES string of the molecule is N#Cc1cccc2c(CCN3CCC3)c[nH]c12. The van der Waals surface area contributed by atoms with E-state index in [1.54, 1.807) is 0 Å². The molecule has 1 aliphatic rings. The van der Waals surface area contributed by atoms with E-state index in [0.717, 1.165) is 24.0 Å². The summed E-state index contributed by atoms with van der Waals surface area (Å²) in [7, 11) is 0. The number of aromatic amines is 1. The number of nitrogens with one attached hydrogen (secondary N) is 1. The molecule has 17 heavy (non-hydrogen) atoms. The van der Waals surface area contributed by atoms with Crippen LogP contribution in [-0.4, -0.2) is 29.5 Å². The van der Waals surface area contributed by atoms with Crippen molar-refractivity contribution >= 4 is 10.9 Å². The molecule has 0 amide bonds. The Morgan fingerprint density at radius 1 is 1.35 bits per heavy atom. The Morgan fingerprint density at radius 3 is 2.94 bits per heavy atom. The highest BCUT2D eigenvalue weighted by atomic mass is 15.2. The number of hydrogen-bond donors (Lipinski definition) is 1. The minimum absolute atomic E-state index is 0.734. The average molecular weight is 225 g/mol. The highest BCUT2D eigenvalue weighted by molar-refractivity contribution is 5.87. The maximum atomic E-state index is 9.03. The largest absolute Gasteiger partial charge is 0.360 e. The summed E-state index contributed by atoms with van der Waals surface area (Å²) in [5, 5.41) is 10.2. The molecule has 0 spiro atoms. The fraction of sp³-hybridized carbons (Fsp3) is 0.357. The van der Waals surface area contributed by atoms with Gasteiger partial charge < -0.3 is 9.88 Å². The van der Waals surface area contributed by atoms with Gasteiger partial charge in [0.05, 0.1) is 11.1 Å². The normalized spacial score (nSPS) is 15.7. The maximum Gasteiger partial charge on any atom is 0.101 e. The summed E-state index contributed by atoms with van der Waals surface area (Å²) in [6, 6.07) is 8.14. The molecule has 0 atom stereocenters. The van der Waals surface area contributed by atoms with E-state index < -0.39 is 0 Å². The van der Waals surface area contributed by atoms with Gasteiger partial charge in [-0.15, -0.1) is 0 Å². The smallest absolute Gasteiger partial charge is 0.101 e. The molecule has 3 nitrogen and oxygen atoms in total. The lowest BCUT2D eigenvalue weighted by Gasteiger charge is -2.30. The molecule has 1 aromatic carbocycles. The molecule has 3 heteroatoms. The van der Waals surface area contributed by atoms with E-state index in [9.17, 15) is 0 Å². The van der Waals surface area contributed by atoms with Crippen LogP contribution in [0.2, 0.25) is 0 Å². The third kappa shape index (κ3) is 1.81. The van der Waals surface area contributed by atoms with E-state index in [-0.39, 0.29) is 0 Å². The second kappa shape index (κ2) is 4.23. The molecule has 1 N–H and O–H groups in total. The number of H-pyrrole nitrogens is 1. The van der Waals surface area contributed by atoms with Crippen molar-refractivity contribution in [3.05, 3.63) is 35.5 Å². The molecule has 1 saturated heterocycles. The summed E-state index contributed by atoms with van der Waals surface area (Å²) in [6.45, 7) is 3.61. The Morgan fingerprint density at radius 2 is 2.24 bits per heavy atom. The number of nitrogens with zero attached hydrogens (tertiary/aromatic N) is 2. The van der Waals surface area contributed by atoms with Crippen molar-refractivity contribution in [2.45, 2.75) is 12.8 Å². The Bertz CT molecular complexity index is 573. The molecule has 1 aliphatic heterocycles. The van der Waals surface area contributed by atoms with E-state index in [0.29, 0.717) is 0 Å². The van der Waals surface area contributed by atoms with E-state index in [4.69, 9.17) is 5.26 Å². The van der Waals surface area contributed by atoms with Crippen LogP contribution < -0.4 is 0 Å². The van der Waals surface area contributed by atoms with Gasteiger partial charge in [0.2, 0.25) is 0 Å². The highest BCUT2D eigenvalue weighted by Crippen LogP contribution is 2.22. The number of para-hydroxylation sites is 1. The van der Waals surface area contributed by atoms with Crippen molar-refractivity contribution < 1.29 is 0 Å². The minimum atomic E-state index is 0.734.